The Bertz CT molecular complexity index is 488. The van der Waals surface area contributed by atoms with Crippen molar-refractivity contribution in [1.29, 1.82) is 0 Å². The number of nitrogens with zero attached hydrogens (tertiary/aromatic N) is 3. The van der Waals surface area contributed by atoms with Crippen LogP contribution in [0.15, 0.2) is 30.6 Å². The second-order valence-corrected chi connectivity index (χ2v) is 4.40. The maximum atomic E-state index is 5.73. The van der Waals surface area contributed by atoms with Gasteiger partial charge in [-0.25, -0.2) is 0 Å². The Balaban J connectivity index is 2.28. The lowest BCUT2D eigenvalue weighted by Crippen LogP contribution is -2.08. The summed E-state index contributed by atoms with van der Waals surface area (Å²) in [6.07, 6.45) is 2.57. The van der Waals surface area contributed by atoms with Crippen LogP contribution in [-0.2, 0) is 13.0 Å². The van der Waals surface area contributed by atoms with Gasteiger partial charge in [-0.2, -0.15) is 0 Å². The van der Waals surface area contributed by atoms with E-state index in [-0.39, 0.29) is 0 Å². The molecule has 0 saturated heterocycles. The summed E-state index contributed by atoms with van der Waals surface area (Å²) >= 11 is 0. The van der Waals surface area contributed by atoms with Gasteiger partial charge in [-0.15, -0.1) is 10.2 Å². The highest BCUT2D eigenvalue weighted by Crippen LogP contribution is 2.15. The van der Waals surface area contributed by atoms with E-state index in [0.29, 0.717) is 12.6 Å². The number of hydrogen-bond acceptors (Lipinski definition) is 3. The fraction of sp³-hybridized carbons (Fsp3) is 0.385. The molecule has 1 aromatic heterocycles. The number of benzene rings is 1. The molecule has 2 rings (SSSR count). The SMILES string of the molecule is CC(C)n1cnnc1Cc1ccccc1CN. The maximum absolute atomic E-state index is 5.73. The smallest absolute Gasteiger partial charge is 0.137 e. The van der Waals surface area contributed by atoms with Gasteiger partial charge in [0.1, 0.15) is 12.2 Å². The van der Waals surface area contributed by atoms with Crippen LogP contribution in [0.4, 0.5) is 0 Å². The quantitative estimate of drug-likeness (QED) is 0.872. The molecule has 90 valence electrons. The van der Waals surface area contributed by atoms with Gasteiger partial charge in [-0.3, -0.25) is 0 Å². The second kappa shape index (κ2) is 5.10. The molecule has 4 nitrogen and oxygen atoms in total. The average Bonchev–Trinajstić information content (AvgIpc) is 2.78. The summed E-state index contributed by atoms with van der Waals surface area (Å²) in [5, 5.41) is 8.16. The maximum Gasteiger partial charge on any atom is 0.137 e. The van der Waals surface area contributed by atoms with Gasteiger partial charge in [0.25, 0.3) is 0 Å². The zero-order valence-electron chi connectivity index (χ0n) is 10.3. The van der Waals surface area contributed by atoms with E-state index in [1.165, 1.54) is 11.1 Å². The van der Waals surface area contributed by atoms with Crippen molar-refractivity contribution in [3.8, 4) is 0 Å². The lowest BCUT2D eigenvalue weighted by molar-refractivity contribution is 0.573. The first-order valence-corrected chi connectivity index (χ1v) is 5.87. The highest BCUT2D eigenvalue weighted by Gasteiger charge is 2.09. The topological polar surface area (TPSA) is 56.7 Å². The van der Waals surface area contributed by atoms with E-state index in [0.717, 1.165) is 12.2 Å². The molecule has 1 aromatic carbocycles. The fourth-order valence-electron chi connectivity index (χ4n) is 1.92. The third-order valence-electron chi connectivity index (χ3n) is 2.89. The summed E-state index contributed by atoms with van der Waals surface area (Å²) in [6, 6.07) is 8.58. The number of nitrogens with two attached hydrogens (primary N) is 1. The first kappa shape index (κ1) is 11.8. The van der Waals surface area contributed by atoms with Crippen LogP contribution in [0.25, 0.3) is 0 Å². The molecular weight excluding hydrogens is 212 g/mol. The second-order valence-electron chi connectivity index (χ2n) is 4.40. The molecule has 17 heavy (non-hydrogen) atoms. The molecule has 0 amide bonds. The van der Waals surface area contributed by atoms with Crippen LogP contribution < -0.4 is 5.73 Å². The van der Waals surface area contributed by atoms with Gasteiger partial charge in [-0.05, 0) is 25.0 Å². The van der Waals surface area contributed by atoms with E-state index in [1.54, 1.807) is 6.33 Å². The van der Waals surface area contributed by atoms with E-state index in [4.69, 9.17) is 5.73 Å². The zero-order valence-corrected chi connectivity index (χ0v) is 10.3. The number of hydrogen-bond donors (Lipinski definition) is 1. The van der Waals surface area contributed by atoms with Crippen molar-refractivity contribution in [2.45, 2.75) is 32.9 Å². The average molecular weight is 230 g/mol. The Labute approximate surface area is 101 Å². The van der Waals surface area contributed by atoms with Crippen LogP contribution in [0.3, 0.4) is 0 Å². The van der Waals surface area contributed by atoms with Crippen LogP contribution in [0.1, 0.15) is 36.8 Å². The molecule has 0 bridgehead atoms. The van der Waals surface area contributed by atoms with Crippen molar-refractivity contribution < 1.29 is 0 Å². The van der Waals surface area contributed by atoms with Crippen molar-refractivity contribution in [2.24, 2.45) is 5.73 Å². The first-order chi connectivity index (χ1) is 8.22. The zero-order chi connectivity index (χ0) is 12.3. The van der Waals surface area contributed by atoms with Gasteiger partial charge in [0, 0.05) is 19.0 Å². The van der Waals surface area contributed by atoms with Gasteiger partial charge in [0.2, 0.25) is 0 Å². The van der Waals surface area contributed by atoms with Gasteiger partial charge in [0.05, 0.1) is 0 Å². The molecule has 0 aliphatic heterocycles. The summed E-state index contributed by atoms with van der Waals surface area (Å²) in [6.45, 7) is 4.81. The van der Waals surface area contributed by atoms with Crippen molar-refractivity contribution >= 4 is 0 Å². The van der Waals surface area contributed by atoms with Gasteiger partial charge in [-0.1, -0.05) is 24.3 Å². The minimum absolute atomic E-state index is 0.380. The molecule has 0 spiro atoms. The molecule has 0 aliphatic rings. The Morgan fingerprint density at radius 1 is 1.24 bits per heavy atom. The predicted molar refractivity (Wildman–Crippen MR) is 67.5 cm³/mol. The molecule has 0 fully saturated rings. The van der Waals surface area contributed by atoms with Crippen molar-refractivity contribution in [3.05, 3.63) is 47.5 Å². The van der Waals surface area contributed by atoms with Crippen LogP contribution in [0, 0.1) is 0 Å². The summed E-state index contributed by atoms with van der Waals surface area (Å²) in [5.74, 6) is 0.987. The molecule has 0 atom stereocenters. The Hall–Kier alpha value is -1.68. The minimum Gasteiger partial charge on any atom is -0.326 e. The van der Waals surface area contributed by atoms with Crippen molar-refractivity contribution in [1.82, 2.24) is 14.8 Å². The molecule has 0 radical (unpaired) electrons. The normalized spacial score (nSPS) is 11.1. The highest BCUT2D eigenvalue weighted by atomic mass is 15.3. The third-order valence-corrected chi connectivity index (χ3v) is 2.89. The molecule has 0 saturated carbocycles. The summed E-state index contributed by atoms with van der Waals surface area (Å²) in [4.78, 5) is 0. The predicted octanol–water partition coefficient (Wildman–Crippen LogP) is 1.91. The lowest BCUT2D eigenvalue weighted by atomic mass is 10.0. The highest BCUT2D eigenvalue weighted by molar-refractivity contribution is 5.29. The molecule has 0 aliphatic carbocycles. The monoisotopic (exact) mass is 230 g/mol. The van der Waals surface area contributed by atoms with Gasteiger partial charge < -0.3 is 10.3 Å². The Morgan fingerprint density at radius 2 is 1.94 bits per heavy atom. The first-order valence-electron chi connectivity index (χ1n) is 5.87. The molecule has 1 heterocycles. The van der Waals surface area contributed by atoms with E-state index >= 15 is 0 Å². The van der Waals surface area contributed by atoms with Gasteiger partial charge in [0.15, 0.2) is 0 Å². The van der Waals surface area contributed by atoms with Crippen LogP contribution in [0.2, 0.25) is 0 Å². The Kier molecular flexibility index (Phi) is 3.54. The summed E-state index contributed by atoms with van der Waals surface area (Å²) < 4.78 is 2.09. The number of aromatic nitrogens is 3. The largest absolute Gasteiger partial charge is 0.326 e. The third kappa shape index (κ3) is 2.53. The van der Waals surface area contributed by atoms with E-state index in [9.17, 15) is 0 Å². The molecular formula is C13H18N4. The van der Waals surface area contributed by atoms with E-state index in [1.807, 2.05) is 12.1 Å². The lowest BCUT2D eigenvalue weighted by Gasteiger charge is -2.11. The minimum atomic E-state index is 0.380. The van der Waals surface area contributed by atoms with Crippen molar-refractivity contribution in [2.75, 3.05) is 0 Å². The molecule has 2 N–H and O–H groups in total. The van der Waals surface area contributed by atoms with E-state index in [2.05, 4.69) is 40.7 Å². The standard InChI is InChI=1S/C13H18N4/c1-10(2)17-9-15-16-13(17)7-11-5-3-4-6-12(11)8-14/h3-6,9-10H,7-8,14H2,1-2H3. The fourth-order valence-corrected chi connectivity index (χ4v) is 1.92. The van der Waals surface area contributed by atoms with Crippen LogP contribution in [-0.4, -0.2) is 14.8 Å². The number of rotatable bonds is 4. The Morgan fingerprint density at radius 3 is 2.59 bits per heavy atom. The van der Waals surface area contributed by atoms with Crippen LogP contribution in [0.5, 0.6) is 0 Å². The summed E-state index contributed by atoms with van der Waals surface area (Å²) in [7, 11) is 0. The molecule has 0 unspecified atom stereocenters. The summed E-state index contributed by atoms with van der Waals surface area (Å²) in [5.41, 5.74) is 8.13. The molecule has 2 aromatic rings. The van der Waals surface area contributed by atoms with Crippen molar-refractivity contribution in [3.63, 3.8) is 0 Å². The molecule has 4 heteroatoms. The van der Waals surface area contributed by atoms with Gasteiger partial charge >= 0.3 is 0 Å². The van der Waals surface area contributed by atoms with E-state index < -0.39 is 0 Å². The van der Waals surface area contributed by atoms with Crippen LogP contribution >= 0.6 is 0 Å².